The highest BCUT2D eigenvalue weighted by Gasteiger charge is 2.33. The summed E-state index contributed by atoms with van der Waals surface area (Å²) in [4.78, 5) is 3.02. The molecule has 1 radical (unpaired) electrons. The van der Waals surface area contributed by atoms with Crippen LogP contribution in [0, 0.1) is 6.92 Å². The van der Waals surface area contributed by atoms with Crippen molar-refractivity contribution in [3.8, 4) is 0 Å². The number of thiol groups is 1. The van der Waals surface area contributed by atoms with Gasteiger partial charge in [0.2, 0.25) is 10.9 Å². The van der Waals surface area contributed by atoms with E-state index in [1.807, 2.05) is 0 Å². The van der Waals surface area contributed by atoms with E-state index in [-0.39, 0.29) is 4.47 Å². The molecular weight excluding hydrogens is 187 g/mol. The van der Waals surface area contributed by atoms with Gasteiger partial charge in [-0.2, -0.15) is 4.84 Å². The highest BCUT2D eigenvalue weighted by molar-refractivity contribution is 7.69. The van der Waals surface area contributed by atoms with E-state index in [2.05, 4.69) is 11.8 Å². The van der Waals surface area contributed by atoms with Crippen molar-refractivity contribution in [2.24, 2.45) is 0 Å². The normalized spacial score (nSPS) is 12.9. The van der Waals surface area contributed by atoms with Crippen molar-refractivity contribution in [1.29, 1.82) is 0 Å². The standard InChI is InChI=1S/C3H5F3NO3S/c1-2-7(11(8)9)10-3(4,5)6/h11H,1-2H2. The van der Waals surface area contributed by atoms with E-state index < -0.39 is 23.8 Å². The van der Waals surface area contributed by atoms with Gasteiger partial charge in [-0.3, -0.25) is 0 Å². The molecule has 4 nitrogen and oxygen atoms in total. The molecule has 67 valence electrons. The lowest BCUT2D eigenvalue weighted by Crippen LogP contribution is -2.30. The molecule has 0 fully saturated rings. The van der Waals surface area contributed by atoms with Crippen molar-refractivity contribution >= 4 is 10.9 Å². The summed E-state index contributed by atoms with van der Waals surface area (Å²) in [5.74, 6) is 0. The van der Waals surface area contributed by atoms with E-state index in [1.165, 1.54) is 0 Å². The number of hydrogen-bond acceptors (Lipinski definition) is 3. The van der Waals surface area contributed by atoms with Crippen molar-refractivity contribution < 1.29 is 26.4 Å². The van der Waals surface area contributed by atoms with Crippen LogP contribution in [-0.4, -0.2) is 25.8 Å². The number of nitrogens with zero attached hydrogens (tertiary/aromatic N) is 1. The molecular formula is C3H5F3NO3S. The van der Waals surface area contributed by atoms with Crippen LogP contribution < -0.4 is 0 Å². The van der Waals surface area contributed by atoms with E-state index in [0.717, 1.165) is 0 Å². The molecule has 0 saturated heterocycles. The van der Waals surface area contributed by atoms with Gasteiger partial charge >= 0.3 is 6.36 Å². The summed E-state index contributed by atoms with van der Waals surface area (Å²) in [6.45, 7) is 2.28. The number of rotatable bonds is 3. The van der Waals surface area contributed by atoms with Crippen LogP contribution >= 0.6 is 0 Å². The Hall–Kier alpha value is -0.340. The van der Waals surface area contributed by atoms with Gasteiger partial charge in [0.05, 0.1) is 0 Å². The van der Waals surface area contributed by atoms with Crippen molar-refractivity contribution in [3.63, 3.8) is 0 Å². The predicted octanol–water partition coefficient (Wildman–Crippen LogP) is 0.100. The molecule has 0 atom stereocenters. The topological polar surface area (TPSA) is 46.6 Å². The number of alkyl halides is 3. The monoisotopic (exact) mass is 192 g/mol. The summed E-state index contributed by atoms with van der Waals surface area (Å²) in [6.07, 6.45) is -4.99. The van der Waals surface area contributed by atoms with Gasteiger partial charge in [-0.05, 0) is 6.92 Å². The minimum absolute atomic E-state index is 0.282. The van der Waals surface area contributed by atoms with Crippen molar-refractivity contribution in [2.45, 2.75) is 6.36 Å². The first-order valence-corrected chi connectivity index (χ1v) is 3.47. The quantitative estimate of drug-likeness (QED) is 0.509. The average molecular weight is 192 g/mol. The van der Waals surface area contributed by atoms with Crippen molar-refractivity contribution in [2.75, 3.05) is 6.54 Å². The van der Waals surface area contributed by atoms with Gasteiger partial charge in [0.25, 0.3) is 0 Å². The molecule has 8 heteroatoms. The Bertz CT molecular complexity index is 181. The zero-order valence-corrected chi connectivity index (χ0v) is 6.06. The molecule has 0 saturated carbocycles. The van der Waals surface area contributed by atoms with E-state index in [9.17, 15) is 21.6 Å². The molecule has 0 amide bonds. The molecule has 0 aromatic heterocycles. The van der Waals surface area contributed by atoms with E-state index in [4.69, 9.17) is 0 Å². The minimum atomic E-state index is -4.99. The molecule has 0 aliphatic carbocycles. The first-order chi connectivity index (χ1) is 4.87. The molecule has 0 aliphatic heterocycles. The zero-order valence-electron chi connectivity index (χ0n) is 5.17. The third-order valence-corrected chi connectivity index (χ3v) is 1.23. The number of hydrogen-bond donors (Lipinski definition) is 1. The molecule has 11 heavy (non-hydrogen) atoms. The lowest BCUT2D eigenvalue weighted by Gasteiger charge is -2.13. The maximum Gasteiger partial charge on any atom is 0.540 e. The molecule has 0 heterocycles. The van der Waals surface area contributed by atoms with Gasteiger partial charge in [0.1, 0.15) is 0 Å². The van der Waals surface area contributed by atoms with Crippen LogP contribution in [0.1, 0.15) is 0 Å². The molecule has 0 bridgehead atoms. The second-order valence-electron chi connectivity index (χ2n) is 1.35. The molecule has 0 spiro atoms. The molecule has 0 unspecified atom stereocenters. The Morgan fingerprint density at radius 1 is 1.45 bits per heavy atom. The Balaban J connectivity index is 4.10. The lowest BCUT2D eigenvalue weighted by atomic mass is 10.8. The summed E-state index contributed by atoms with van der Waals surface area (Å²) >= 11 is 0. The molecule has 0 aromatic carbocycles. The van der Waals surface area contributed by atoms with Crippen LogP contribution in [0.4, 0.5) is 13.2 Å². The van der Waals surface area contributed by atoms with Gasteiger partial charge in [-0.25, -0.2) is 8.42 Å². The lowest BCUT2D eigenvalue weighted by molar-refractivity contribution is -0.387. The van der Waals surface area contributed by atoms with Crippen molar-refractivity contribution in [1.82, 2.24) is 4.47 Å². The Labute approximate surface area is 62.6 Å². The van der Waals surface area contributed by atoms with Gasteiger partial charge < -0.3 is 0 Å². The third kappa shape index (κ3) is 4.99. The maximum atomic E-state index is 11.3. The molecule has 0 N–H and O–H groups in total. The smallest absolute Gasteiger partial charge is 0.213 e. The minimum Gasteiger partial charge on any atom is -0.213 e. The Morgan fingerprint density at radius 3 is 2.00 bits per heavy atom. The summed E-state index contributed by atoms with van der Waals surface area (Å²) in [5.41, 5.74) is 0. The molecule has 0 aliphatic rings. The largest absolute Gasteiger partial charge is 0.540 e. The molecule has 0 rings (SSSR count). The maximum absolute atomic E-state index is 11.3. The van der Waals surface area contributed by atoms with Crippen molar-refractivity contribution in [3.05, 3.63) is 6.92 Å². The zero-order chi connectivity index (χ0) is 9.07. The molecule has 0 aromatic rings. The van der Waals surface area contributed by atoms with Crippen LogP contribution in [0.5, 0.6) is 0 Å². The number of hydroxylamine groups is 1. The second-order valence-corrected chi connectivity index (χ2v) is 2.27. The Morgan fingerprint density at radius 2 is 1.91 bits per heavy atom. The van der Waals surface area contributed by atoms with Gasteiger partial charge in [0.15, 0.2) is 0 Å². The van der Waals surface area contributed by atoms with E-state index >= 15 is 0 Å². The Kier molecular flexibility index (Phi) is 3.76. The summed E-state index contributed by atoms with van der Waals surface area (Å²) in [6, 6.07) is 0. The van der Waals surface area contributed by atoms with E-state index in [0.29, 0.717) is 0 Å². The number of halogens is 3. The van der Waals surface area contributed by atoms with Crippen LogP contribution in [0.2, 0.25) is 0 Å². The fourth-order valence-corrected chi connectivity index (χ4v) is 0.603. The summed E-state index contributed by atoms with van der Waals surface area (Å²) < 4.78 is 53.4. The SMILES string of the molecule is [CH2]CN(OC(F)(F)F)[SH](=O)=O. The van der Waals surface area contributed by atoms with Crippen LogP contribution in [0.15, 0.2) is 0 Å². The predicted molar refractivity (Wildman–Crippen MR) is 29.5 cm³/mol. The second kappa shape index (κ2) is 3.88. The van der Waals surface area contributed by atoms with E-state index in [1.54, 1.807) is 0 Å². The van der Waals surface area contributed by atoms with Crippen LogP contribution in [-0.2, 0) is 15.7 Å². The van der Waals surface area contributed by atoms with Gasteiger partial charge in [0, 0.05) is 6.54 Å². The van der Waals surface area contributed by atoms with Crippen LogP contribution in [0.25, 0.3) is 0 Å². The first-order valence-electron chi connectivity index (χ1n) is 2.34. The van der Waals surface area contributed by atoms with Crippen LogP contribution in [0.3, 0.4) is 0 Å². The fourth-order valence-electron chi connectivity index (χ4n) is 0.280. The van der Waals surface area contributed by atoms with Gasteiger partial charge in [-0.15, -0.1) is 13.2 Å². The highest BCUT2D eigenvalue weighted by atomic mass is 32.2. The fraction of sp³-hybridized carbons (Fsp3) is 0.667. The highest BCUT2D eigenvalue weighted by Crippen LogP contribution is 2.17. The summed E-state index contributed by atoms with van der Waals surface area (Å²) in [5, 5.41) is 0. The average Bonchev–Trinajstić information content (AvgIpc) is 1.80. The third-order valence-electron chi connectivity index (χ3n) is 0.582. The summed E-state index contributed by atoms with van der Waals surface area (Å²) in [7, 11) is -3.40. The van der Waals surface area contributed by atoms with Gasteiger partial charge in [-0.1, -0.05) is 4.47 Å². The first kappa shape index (κ1) is 10.7.